The van der Waals surface area contributed by atoms with Crippen molar-refractivity contribution in [2.45, 2.75) is 162 Å². The molecule has 0 spiro atoms. The van der Waals surface area contributed by atoms with Crippen LogP contribution in [0.15, 0.2) is 34.4 Å². The Bertz CT molecular complexity index is 1320. The number of ketones is 1. The second-order valence-corrected chi connectivity index (χ2v) is 19.8. The first kappa shape index (κ1) is 50.1. The first-order chi connectivity index (χ1) is 25.7. The van der Waals surface area contributed by atoms with Gasteiger partial charge in [-0.25, -0.2) is 9.10 Å². The van der Waals surface area contributed by atoms with Gasteiger partial charge in [-0.1, -0.05) is 100 Å². The van der Waals surface area contributed by atoms with Gasteiger partial charge in [0.25, 0.3) is 5.91 Å². The Labute approximate surface area is 341 Å². The molecule has 1 aliphatic carbocycles. The lowest BCUT2D eigenvalue weighted by molar-refractivity contribution is -0.141. The number of rotatable bonds is 17. The van der Waals surface area contributed by atoms with E-state index in [9.17, 15) is 24.0 Å². The lowest BCUT2D eigenvalue weighted by atomic mass is 9.81. The van der Waals surface area contributed by atoms with Crippen LogP contribution in [-0.4, -0.2) is 89.1 Å². The van der Waals surface area contributed by atoms with Gasteiger partial charge in [-0.05, 0) is 86.1 Å². The summed E-state index contributed by atoms with van der Waals surface area (Å²) in [7, 11) is 0. The Morgan fingerprint density at radius 2 is 1.67 bits per heavy atom. The van der Waals surface area contributed by atoms with E-state index in [1.54, 1.807) is 23.3 Å². The second kappa shape index (κ2) is 24.7. The summed E-state index contributed by atoms with van der Waals surface area (Å²) in [5, 5.41) is 13.6. The summed E-state index contributed by atoms with van der Waals surface area (Å²) in [4.78, 5) is 62.4. The number of amides is 5. The Kier molecular flexibility index (Phi) is 22.5. The van der Waals surface area contributed by atoms with Gasteiger partial charge in [0.05, 0.1) is 10.3 Å². The predicted molar refractivity (Wildman–Crippen MR) is 229 cm³/mol. The van der Waals surface area contributed by atoms with Crippen LogP contribution in [-0.2, 0) is 19.2 Å². The van der Waals surface area contributed by atoms with Crippen molar-refractivity contribution in [3.05, 3.63) is 30.2 Å². The molecule has 5 amide bonds. The quantitative estimate of drug-likeness (QED) is 0.0545. The Morgan fingerprint density at radius 3 is 2.15 bits per heavy atom. The summed E-state index contributed by atoms with van der Waals surface area (Å²) in [6.45, 7) is 30.7. The van der Waals surface area contributed by atoms with Crippen molar-refractivity contribution in [3.8, 4) is 0 Å². The molecule has 4 N–H and O–H groups in total. The molecule has 55 heavy (non-hydrogen) atoms. The van der Waals surface area contributed by atoms with Gasteiger partial charge >= 0.3 is 6.03 Å². The summed E-state index contributed by atoms with van der Waals surface area (Å²) in [6.07, 6.45) is 8.71. The Morgan fingerprint density at radius 1 is 1.04 bits per heavy atom. The molecule has 1 saturated heterocycles. The van der Waals surface area contributed by atoms with Gasteiger partial charge in [-0.2, -0.15) is 0 Å². The number of likely N-dealkylation sites (tertiary alicyclic amines) is 1. The summed E-state index contributed by atoms with van der Waals surface area (Å²) >= 11 is 3.52. The van der Waals surface area contributed by atoms with Crippen LogP contribution in [0.5, 0.6) is 0 Å². The molecule has 11 nitrogen and oxygen atoms in total. The van der Waals surface area contributed by atoms with Crippen LogP contribution >= 0.6 is 23.3 Å². The van der Waals surface area contributed by atoms with E-state index in [-0.39, 0.29) is 47.3 Å². The number of hydrogen-bond acceptors (Lipinski definition) is 8. The summed E-state index contributed by atoms with van der Waals surface area (Å²) in [6, 6.07) is 3.24. The molecule has 5 atom stereocenters. The third-order valence-corrected chi connectivity index (χ3v) is 12.3. The number of Topliss-reactive ketones (excluding diaryl/α,β-unsaturated/α-hetero) is 1. The molecule has 0 radical (unpaired) electrons. The van der Waals surface area contributed by atoms with Gasteiger partial charge in [0.1, 0.15) is 6.04 Å². The Balaban J connectivity index is 0.000000513. The highest BCUT2D eigenvalue weighted by molar-refractivity contribution is 7.98. The third kappa shape index (κ3) is 18.7. The maximum Gasteiger partial charge on any atom is 0.315 e. The van der Waals surface area contributed by atoms with Crippen molar-refractivity contribution < 1.29 is 24.0 Å². The molecule has 3 rings (SSSR count). The summed E-state index contributed by atoms with van der Waals surface area (Å²) < 4.78 is 3.63. The highest BCUT2D eigenvalue weighted by Crippen LogP contribution is 2.32. The fourth-order valence-electron chi connectivity index (χ4n) is 5.70. The number of nitrogens with one attached hydrogen (secondary N) is 4. The van der Waals surface area contributed by atoms with Crippen LogP contribution in [0.1, 0.15) is 128 Å². The van der Waals surface area contributed by atoms with Crippen molar-refractivity contribution in [2.24, 2.45) is 22.7 Å². The molecular formula is C42H74N6O5S2. The molecule has 1 aliphatic heterocycles. The first-order valence-electron chi connectivity index (χ1n) is 20.2. The van der Waals surface area contributed by atoms with E-state index < -0.39 is 23.8 Å². The summed E-state index contributed by atoms with van der Waals surface area (Å²) in [5.41, 5.74) is -0.000972. The van der Waals surface area contributed by atoms with E-state index in [1.807, 2.05) is 6.92 Å². The molecule has 2 heterocycles. The van der Waals surface area contributed by atoms with Gasteiger partial charge in [-0.15, -0.1) is 17.9 Å². The van der Waals surface area contributed by atoms with Gasteiger partial charge in [0, 0.05) is 37.8 Å². The van der Waals surface area contributed by atoms with E-state index in [2.05, 4.69) is 126 Å². The molecule has 0 bridgehead atoms. The zero-order chi connectivity index (χ0) is 41.9. The molecule has 2 aliphatic rings. The van der Waals surface area contributed by atoms with Crippen molar-refractivity contribution >= 4 is 53.3 Å². The smallest absolute Gasteiger partial charge is 0.315 e. The molecule has 314 valence electrons. The van der Waals surface area contributed by atoms with Crippen LogP contribution in [0, 0.1) is 22.7 Å². The lowest BCUT2D eigenvalue weighted by Crippen LogP contribution is -2.55. The molecular weight excluding hydrogens is 733 g/mol. The van der Waals surface area contributed by atoms with Gasteiger partial charge in [-0.3, -0.25) is 19.2 Å². The SMILES string of the molecule is C=CCNC(=O)C(=O)C(CCC1CCC1)NC(=O)C1CC(C)CN1C=O.CC(C)N(CC(NC(=O)NC(C)C(C)(C)C)C(C)(C)C)Sc1cccs1.CCC. The number of carbonyl (C=O) groups excluding carboxylic acids is 5. The van der Waals surface area contributed by atoms with Crippen LogP contribution in [0.4, 0.5) is 4.79 Å². The standard InChI is InChI=1S/C20H37N3OS2.C19H29N3O4.C3H8/c1-14(2)23(26-17-11-10-12-25-17)13-16(20(7,8)9)22-18(24)21-15(3)19(4,5)6;1-3-9-20-19(26)17(24)15(8-7-14-5-4-6-14)21-18(25)16-10-13(2)11-22(16)12-23;1-3-2/h10-12,14-16H,13H2,1-9H3,(H2,21,22,24);3,12-16H,1,4-11H2,2H3,(H,20,26)(H,21,25);3H2,1-2H3. The fourth-order valence-corrected chi connectivity index (χ4v) is 7.58. The zero-order valence-corrected chi connectivity index (χ0v) is 37.6. The predicted octanol–water partition coefficient (Wildman–Crippen LogP) is 7.82. The molecule has 2 fully saturated rings. The zero-order valence-electron chi connectivity index (χ0n) is 36.0. The largest absolute Gasteiger partial charge is 0.346 e. The van der Waals surface area contributed by atoms with Crippen LogP contribution < -0.4 is 21.3 Å². The van der Waals surface area contributed by atoms with Gasteiger partial charge in [0.2, 0.25) is 18.1 Å². The normalized spacial score (nSPS) is 18.7. The Hall–Kier alpha value is -2.90. The molecule has 1 aromatic heterocycles. The van der Waals surface area contributed by atoms with E-state index in [1.165, 1.54) is 28.0 Å². The van der Waals surface area contributed by atoms with Crippen molar-refractivity contribution in [3.63, 3.8) is 0 Å². The van der Waals surface area contributed by atoms with Crippen LogP contribution in [0.2, 0.25) is 0 Å². The lowest BCUT2D eigenvalue weighted by Gasteiger charge is -2.37. The molecule has 1 saturated carbocycles. The van der Waals surface area contributed by atoms with E-state index in [0.29, 0.717) is 37.8 Å². The maximum atomic E-state index is 12.6. The van der Waals surface area contributed by atoms with E-state index >= 15 is 0 Å². The third-order valence-electron chi connectivity index (χ3n) is 9.98. The van der Waals surface area contributed by atoms with Crippen molar-refractivity contribution in [1.29, 1.82) is 0 Å². The van der Waals surface area contributed by atoms with E-state index in [4.69, 9.17) is 0 Å². The van der Waals surface area contributed by atoms with Crippen molar-refractivity contribution in [1.82, 2.24) is 30.5 Å². The first-order valence-corrected chi connectivity index (χ1v) is 21.8. The van der Waals surface area contributed by atoms with Gasteiger partial charge < -0.3 is 26.2 Å². The highest BCUT2D eigenvalue weighted by atomic mass is 32.2. The van der Waals surface area contributed by atoms with Crippen LogP contribution in [0.3, 0.4) is 0 Å². The average molecular weight is 807 g/mol. The fraction of sp³-hybridized carbons (Fsp3) is 0.738. The number of thiophene rings is 1. The van der Waals surface area contributed by atoms with E-state index in [0.717, 1.165) is 25.8 Å². The number of carbonyl (C=O) groups is 5. The maximum absolute atomic E-state index is 12.6. The minimum atomic E-state index is -0.850. The number of hydrogen-bond donors (Lipinski definition) is 4. The monoisotopic (exact) mass is 807 g/mol. The minimum Gasteiger partial charge on any atom is -0.346 e. The molecule has 13 heteroatoms. The van der Waals surface area contributed by atoms with Crippen molar-refractivity contribution in [2.75, 3.05) is 19.6 Å². The highest BCUT2D eigenvalue weighted by Gasteiger charge is 2.37. The summed E-state index contributed by atoms with van der Waals surface area (Å²) in [5.74, 6) is -0.906. The minimum absolute atomic E-state index is 0.0353. The topological polar surface area (TPSA) is 140 Å². The van der Waals surface area contributed by atoms with Crippen LogP contribution in [0.25, 0.3) is 0 Å². The second-order valence-electron chi connectivity index (χ2n) is 17.5. The average Bonchev–Trinajstić information content (AvgIpc) is 3.73. The van der Waals surface area contributed by atoms with Gasteiger partial charge in [0.15, 0.2) is 0 Å². The number of nitrogens with zero attached hydrogens (tertiary/aromatic N) is 2. The molecule has 5 unspecified atom stereocenters. The molecule has 0 aromatic carbocycles. The molecule has 1 aromatic rings. The number of urea groups is 1.